The highest BCUT2D eigenvalue weighted by atomic mass is 32.2. The van der Waals surface area contributed by atoms with E-state index in [1.54, 1.807) is 50.2 Å². The van der Waals surface area contributed by atoms with Gasteiger partial charge in [0.15, 0.2) is 15.0 Å². The number of nitrogens with zero attached hydrogens (tertiary/aromatic N) is 1. The molecule has 0 spiro atoms. The lowest BCUT2D eigenvalue weighted by atomic mass is 10.1. The smallest absolute Gasteiger partial charge is 0.257 e. The molecule has 3 aromatic rings. The van der Waals surface area contributed by atoms with E-state index in [4.69, 9.17) is 0 Å². The van der Waals surface area contributed by atoms with Gasteiger partial charge >= 0.3 is 0 Å². The third-order valence-corrected chi connectivity index (χ3v) is 5.97. The van der Waals surface area contributed by atoms with Gasteiger partial charge in [-0.3, -0.25) is 14.9 Å². The summed E-state index contributed by atoms with van der Waals surface area (Å²) in [6.45, 7) is 3.57. The molecule has 0 bridgehead atoms. The minimum atomic E-state index is -3.31. The number of rotatable bonds is 5. The van der Waals surface area contributed by atoms with Gasteiger partial charge in [-0.2, -0.15) is 0 Å². The number of hydrogen-bond donors (Lipinski definition) is 2. The zero-order chi connectivity index (χ0) is 20.5. The van der Waals surface area contributed by atoms with Gasteiger partial charge in [0.25, 0.3) is 5.91 Å². The molecular formula is C19H19N3O4S2. The molecule has 2 aromatic carbocycles. The lowest BCUT2D eigenvalue weighted by Crippen LogP contribution is -2.18. The first-order valence-electron chi connectivity index (χ1n) is 8.46. The molecule has 0 aliphatic carbocycles. The third-order valence-electron chi connectivity index (χ3n) is 3.93. The van der Waals surface area contributed by atoms with E-state index in [1.165, 1.54) is 17.4 Å². The van der Waals surface area contributed by atoms with E-state index in [0.717, 1.165) is 6.26 Å². The number of benzene rings is 2. The van der Waals surface area contributed by atoms with Crippen molar-refractivity contribution in [1.82, 2.24) is 4.98 Å². The van der Waals surface area contributed by atoms with Crippen LogP contribution in [0.4, 0.5) is 10.8 Å². The molecule has 0 unspecified atom stereocenters. The van der Waals surface area contributed by atoms with Crippen LogP contribution in [-0.4, -0.2) is 31.5 Å². The largest absolute Gasteiger partial charge is 0.326 e. The molecule has 0 saturated carbocycles. The molecule has 0 aliphatic heterocycles. The van der Waals surface area contributed by atoms with Crippen LogP contribution >= 0.6 is 11.3 Å². The lowest BCUT2D eigenvalue weighted by Gasteiger charge is -2.09. The lowest BCUT2D eigenvalue weighted by molar-refractivity contribution is -0.118. The number of sulfone groups is 1. The first-order chi connectivity index (χ1) is 13.1. The van der Waals surface area contributed by atoms with Crippen molar-refractivity contribution < 1.29 is 18.0 Å². The molecule has 2 amide bonds. The van der Waals surface area contributed by atoms with Gasteiger partial charge in [-0.1, -0.05) is 31.3 Å². The summed E-state index contributed by atoms with van der Waals surface area (Å²) >= 11 is 1.19. The van der Waals surface area contributed by atoms with Gasteiger partial charge in [0.05, 0.1) is 15.1 Å². The van der Waals surface area contributed by atoms with Gasteiger partial charge < -0.3 is 5.32 Å². The Kier molecular flexibility index (Phi) is 5.48. The van der Waals surface area contributed by atoms with Crippen molar-refractivity contribution in [3.05, 3.63) is 48.0 Å². The first kappa shape index (κ1) is 20.0. The summed E-state index contributed by atoms with van der Waals surface area (Å²) in [7, 11) is -3.31. The molecule has 0 fully saturated rings. The molecule has 3 rings (SSSR count). The van der Waals surface area contributed by atoms with Crippen LogP contribution in [0.1, 0.15) is 24.2 Å². The predicted molar refractivity (Wildman–Crippen MR) is 111 cm³/mol. The number of amides is 2. The Morgan fingerprint density at radius 2 is 1.82 bits per heavy atom. The van der Waals surface area contributed by atoms with E-state index >= 15 is 0 Å². The van der Waals surface area contributed by atoms with Gasteiger partial charge in [0.1, 0.15) is 0 Å². The Bertz CT molecular complexity index is 1170. The molecule has 0 saturated heterocycles. The summed E-state index contributed by atoms with van der Waals surface area (Å²) in [4.78, 5) is 28.9. The predicted octanol–water partition coefficient (Wildman–Crippen LogP) is 3.55. The fraction of sp³-hybridized carbons (Fsp3) is 0.211. The van der Waals surface area contributed by atoms with Crippen LogP contribution in [0.25, 0.3) is 10.2 Å². The number of anilines is 2. The van der Waals surface area contributed by atoms with Crippen LogP contribution in [0.3, 0.4) is 0 Å². The Morgan fingerprint density at radius 1 is 1.07 bits per heavy atom. The number of hydrogen-bond acceptors (Lipinski definition) is 6. The maximum absolute atomic E-state index is 12.5. The molecule has 1 heterocycles. The summed E-state index contributed by atoms with van der Waals surface area (Å²) < 4.78 is 24.0. The van der Waals surface area contributed by atoms with E-state index in [-0.39, 0.29) is 22.6 Å². The second-order valence-electron chi connectivity index (χ2n) is 6.60. The summed E-state index contributed by atoms with van der Waals surface area (Å²) in [5, 5.41) is 5.83. The SMILES string of the molecule is CC(C)C(=O)Nc1cccc(C(=O)Nc2nc3ccc(S(C)(=O)=O)cc3s2)c1. The molecular weight excluding hydrogens is 398 g/mol. The van der Waals surface area contributed by atoms with E-state index in [9.17, 15) is 18.0 Å². The fourth-order valence-corrected chi connectivity index (χ4v) is 4.01. The quantitative estimate of drug-likeness (QED) is 0.660. The van der Waals surface area contributed by atoms with Crippen molar-refractivity contribution >= 4 is 54.0 Å². The average Bonchev–Trinajstić information content (AvgIpc) is 3.02. The number of fused-ring (bicyclic) bond motifs is 1. The highest BCUT2D eigenvalue weighted by Crippen LogP contribution is 2.28. The zero-order valence-electron chi connectivity index (χ0n) is 15.5. The number of aromatic nitrogens is 1. The minimum Gasteiger partial charge on any atom is -0.326 e. The van der Waals surface area contributed by atoms with Gasteiger partial charge in [-0.15, -0.1) is 0 Å². The van der Waals surface area contributed by atoms with E-state index < -0.39 is 9.84 Å². The summed E-state index contributed by atoms with van der Waals surface area (Å²) in [5.74, 6) is -0.675. The molecule has 0 radical (unpaired) electrons. The summed E-state index contributed by atoms with van der Waals surface area (Å²) in [5.41, 5.74) is 1.51. The molecule has 0 atom stereocenters. The monoisotopic (exact) mass is 417 g/mol. The maximum atomic E-state index is 12.5. The number of carbonyl (C=O) groups is 2. The molecule has 146 valence electrons. The van der Waals surface area contributed by atoms with Gasteiger partial charge in [0, 0.05) is 23.4 Å². The minimum absolute atomic E-state index is 0.134. The molecule has 2 N–H and O–H groups in total. The molecule has 1 aromatic heterocycles. The van der Waals surface area contributed by atoms with Crippen LogP contribution in [0, 0.1) is 5.92 Å². The standard InChI is InChI=1S/C19H19N3O4S2/c1-11(2)17(23)20-13-6-4-5-12(9-13)18(24)22-19-21-15-8-7-14(28(3,25)26)10-16(15)27-19/h4-11H,1-3H3,(H,20,23)(H,21,22,24). The van der Waals surface area contributed by atoms with E-state index in [2.05, 4.69) is 15.6 Å². The zero-order valence-corrected chi connectivity index (χ0v) is 17.1. The van der Waals surface area contributed by atoms with E-state index in [0.29, 0.717) is 26.6 Å². The van der Waals surface area contributed by atoms with Gasteiger partial charge in [-0.05, 0) is 36.4 Å². The van der Waals surface area contributed by atoms with Gasteiger partial charge in [-0.25, -0.2) is 13.4 Å². The van der Waals surface area contributed by atoms with Crippen molar-refractivity contribution in [3.8, 4) is 0 Å². The third kappa shape index (κ3) is 4.55. The Morgan fingerprint density at radius 3 is 2.50 bits per heavy atom. The van der Waals surface area contributed by atoms with Crippen LogP contribution in [-0.2, 0) is 14.6 Å². The highest BCUT2D eigenvalue weighted by molar-refractivity contribution is 7.90. The average molecular weight is 418 g/mol. The normalized spacial score (nSPS) is 11.6. The van der Waals surface area contributed by atoms with Crippen LogP contribution in [0.5, 0.6) is 0 Å². The van der Waals surface area contributed by atoms with Crippen molar-refractivity contribution in [1.29, 1.82) is 0 Å². The summed E-state index contributed by atoms with van der Waals surface area (Å²) in [6, 6.07) is 11.3. The maximum Gasteiger partial charge on any atom is 0.257 e. The number of carbonyl (C=O) groups excluding carboxylic acids is 2. The Balaban J connectivity index is 1.80. The first-order valence-corrected chi connectivity index (χ1v) is 11.2. The van der Waals surface area contributed by atoms with Crippen molar-refractivity contribution in [2.45, 2.75) is 18.7 Å². The van der Waals surface area contributed by atoms with Crippen LogP contribution < -0.4 is 10.6 Å². The van der Waals surface area contributed by atoms with Crippen molar-refractivity contribution in [2.24, 2.45) is 5.92 Å². The number of nitrogens with one attached hydrogen (secondary N) is 2. The molecule has 7 nitrogen and oxygen atoms in total. The van der Waals surface area contributed by atoms with Gasteiger partial charge in [0.2, 0.25) is 5.91 Å². The van der Waals surface area contributed by atoms with E-state index in [1.807, 2.05) is 0 Å². The second kappa shape index (κ2) is 7.69. The molecule has 28 heavy (non-hydrogen) atoms. The number of thiazole rings is 1. The summed E-state index contributed by atoms with van der Waals surface area (Å²) in [6.07, 6.45) is 1.14. The van der Waals surface area contributed by atoms with Crippen LogP contribution in [0.15, 0.2) is 47.4 Å². The van der Waals surface area contributed by atoms with Crippen LogP contribution in [0.2, 0.25) is 0 Å². The van der Waals surface area contributed by atoms with Crippen molar-refractivity contribution in [3.63, 3.8) is 0 Å². The Hall–Kier alpha value is -2.78. The van der Waals surface area contributed by atoms with Crippen molar-refractivity contribution in [2.75, 3.05) is 16.9 Å². The Labute approximate surface area is 166 Å². The molecule has 9 heteroatoms. The molecule has 0 aliphatic rings. The fourth-order valence-electron chi connectivity index (χ4n) is 2.38. The second-order valence-corrected chi connectivity index (χ2v) is 9.65. The highest BCUT2D eigenvalue weighted by Gasteiger charge is 2.14. The topological polar surface area (TPSA) is 105 Å².